The zero-order chi connectivity index (χ0) is 20.4. The van der Waals surface area contributed by atoms with Gasteiger partial charge in [-0.05, 0) is 12.0 Å². The van der Waals surface area contributed by atoms with Crippen molar-refractivity contribution >= 4 is 23.7 Å². The van der Waals surface area contributed by atoms with E-state index in [1.807, 2.05) is 0 Å². The minimum absolute atomic E-state index is 0.0287. The summed E-state index contributed by atoms with van der Waals surface area (Å²) in [5, 5.41) is 10.4. The molecule has 5 N–H and O–H groups in total. The smallest absolute Gasteiger partial charge is 0.351 e. The molecule has 1 unspecified atom stereocenters. The van der Waals surface area contributed by atoms with Crippen molar-refractivity contribution in [2.75, 3.05) is 24.8 Å². The first kappa shape index (κ1) is 21.7. The molecule has 1 aliphatic heterocycles. The van der Waals surface area contributed by atoms with Gasteiger partial charge in [-0.1, -0.05) is 13.8 Å². The first-order valence-corrected chi connectivity index (χ1v) is 8.87. The van der Waals surface area contributed by atoms with Crippen LogP contribution >= 0.6 is 11.6 Å². The number of aromatic nitrogens is 2. The summed E-state index contributed by atoms with van der Waals surface area (Å²) in [5.74, 6) is -0.556. The summed E-state index contributed by atoms with van der Waals surface area (Å²) >= 11 is 5.93. The Morgan fingerprint density at radius 3 is 2.81 bits per heavy atom. The minimum Gasteiger partial charge on any atom is -0.387 e. The number of aliphatic hydroxyl groups is 1. The van der Waals surface area contributed by atoms with E-state index in [2.05, 4.69) is 4.98 Å². The van der Waals surface area contributed by atoms with Gasteiger partial charge in [0.1, 0.15) is 23.8 Å². The summed E-state index contributed by atoms with van der Waals surface area (Å²) in [6.07, 6.45) is -3.30. The second-order valence-electron chi connectivity index (χ2n) is 7.02. The largest absolute Gasteiger partial charge is 0.387 e. The summed E-state index contributed by atoms with van der Waals surface area (Å²) in [6.45, 7) is 3.01. The molecule has 0 saturated carbocycles. The van der Waals surface area contributed by atoms with Crippen LogP contribution in [0.3, 0.4) is 0 Å². The number of aldehydes is 1. The zero-order valence-electron chi connectivity index (χ0n) is 15.0. The van der Waals surface area contributed by atoms with Crippen LogP contribution in [0.2, 0.25) is 0 Å². The molecule has 0 bridgehead atoms. The topological polar surface area (TPSA) is 143 Å². The molecule has 1 saturated heterocycles. The number of nitrogens with two attached hydrogens (primary N) is 2. The number of hydrogen-bond acceptors (Lipinski definition) is 8. The maximum Gasteiger partial charge on any atom is 0.351 e. The number of ether oxygens (including phenoxy) is 2. The third kappa shape index (κ3) is 4.14. The van der Waals surface area contributed by atoms with Crippen LogP contribution in [-0.4, -0.2) is 63.5 Å². The lowest BCUT2D eigenvalue weighted by molar-refractivity contribution is -0.137. The summed E-state index contributed by atoms with van der Waals surface area (Å²) in [6, 6.07) is 1.30. The Morgan fingerprint density at radius 2 is 2.30 bits per heavy atom. The molecule has 0 spiro atoms. The highest BCUT2D eigenvalue weighted by Crippen LogP contribution is 2.39. The van der Waals surface area contributed by atoms with Gasteiger partial charge in [0.25, 0.3) is 0 Å². The predicted molar refractivity (Wildman–Crippen MR) is 96.0 cm³/mol. The normalized spacial score (nSPS) is 30.4. The standard InChI is InChI=1S/C16H24ClFN4O5/c1-9(2)15(20,6-23)7-26-8-16(5-17)12(24)11(18)13(27-16)22-4-3-10(19)21-14(22)25/h3-4,6,9,11-13,24H,5,7-8,20H2,1-2H3,(H2,19,21,25)/t11-,12+,13-,15?,16-/m1/s1. The molecule has 5 atom stereocenters. The maximum atomic E-state index is 14.7. The van der Waals surface area contributed by atoms with Gasteiger partial charge in [-0.15, -0.1) is 11.6 Å². The quantitative estimate of drug-likeness (QED) is 0.391. The molecule has 1 aliphatic rings. The van der Waals surface area contributed by atoms with Crippen LogP contribution in [0.5, 0.6) is 0 Å². The molecule has 0 amide bonds. The van der Waals surface area contributed by atoms with Gasteiger partial charge in [-0.2, -0.15) is 4.98 Å². The molecule has 1 aromatic rings. The van der Waals surface area contributed by atoms with E-state index in [4.69, 9.17) is 32.5 Å². The van der Waals surface area contributed by atoms with Crippen LogP contribution in [-0.2, 0) is 14.3 Å². The second-order valence-corrected chi connectivity index (χ2v) is 7.28. The van der Waals surface area contributed by atoms with Gasteiger partial charge in [0.2, 0.25) is 0 Å². The first-order valence-electron chi connectivity index (χ1n) is 8.34. The summed E-state index contributed by atoms with van der Waals surface area (Å²) < 4.78 is 26.7. The third-order valence-electron chi connectivity index (χ3n) is 4.81. The van der Waals surface area contributed by atoms with Gasteiger partial charge in [-0.3, -0.25) is 4.57 Å². The number of aliphatic hydroxyl groups excluding tert-OH is 1. The number of carbonyl (C=O) groups excluding carboxylic acids is 1. The Balaban J connectivity index is 2.19. The van der Waals surface area contributed by atoms with E-state index >= 15 is 0 Å². The lowest BCUT2D eigenvalue weighted by Gasteiger charge is -2.32. The second kappa shape index (κ2) is 8.19. The van der Waals surface area contributed by atoms with Crippen LogP contribution in [0, 0.1) is 5.92 Å². The molecule has 27 heavy (non-hydrogen) atoms. The van der Waals surface area contributed by atoms with E-state index in [-0.39, 0.29) is 30.8 Å². The van der Waals surface area contributed by atoms with Crippen LogP contribution in [0.15, 0.2) is 17.1 Å². The van der Waals surface area contributed by atoms with Crippen molar-refractivity contribution in [1.29, 1.82) is 0 Å². The molecule has 1 aromatic heterocycles. The first-order chi connectivity index (χ1) is 12.6. The monoisotopic (exact) mass is 406 g/mol. The number of halogens is 2. The third-order valence-corrected chi connectivity index (χ3v) is 5.27. The number of carbonyl (C=O) groups is 1. The molecule has 2 rings (SSSR count). The molecule has 152 valence electrons. The fraction of sp³-hybridized carbons (Fsp3) is 0.688. The highest BCUT2D eigenvalue weighted by Gasteiger charge is 2.56. The SMILES string of the molecule is CC(C)C(N)(C=O)COC[C@@]1(CCl)O[C@@H](n2ccc(N)nc2=O)[C@H](F)[C@@H]1O. The average Bonchev–Trinajstić information content (AvgIpc) is 2.87. The van der Waals surface area contributed by atoms with Crippen LogP contribution < -0.4 is 17.2 Å². The van der Waals surface area contributed by atoms with E-state index in [1.165, 1.54) is 12.3 Å². The molecule has 0 aromatic carbocycles. The van der Waals surface area contributed by atoms with Crippen molar-refractivity contribution < 1.29 is 23.8 Å². The van der Waals surface area contributed by atoms with Crippen molar-refractivity contribution in [3.8, 4) is 0 Å². The van der Waals surface area contributed by atoms with Gasteiger partial charge >= 0.3 is 5.69 Å². The van der Waals surface area contributed by atoms with Crippen molar-refractivity contribution in [1.82, 2.24) is 9.55 Å². The summed E-state index contributed by atoms with van der Waals surface area (Å²) in [5.41, 5.74) is 7.67. The molecule has 1 fully saturated rings. The van der Waals surface area contributed by atoms with Gasteiger partial charge < -0.3 is 30.8 Å². The molecular formula is C16H24ClFN4O5. The molecule has 0 aliphatic carbocycles. The van der Waals surface area contributed by atoms with Crippen LogP contribution in [0.4, 0.5) is 10.2 Å². The van der Waals surface area contributed by atoms with E-state index in [9.17, 15) is 19.1 Å². The Kier molecular flexibility index (Phi) is 6.59. The molecule has 11 heteroatoms. The zero-order valence-corrected chi connectivity index (χ0v) is 15.8. The summed E-state index contributed by atoms with van der Waals surface area (Å²) in [7, 11) is 0. The Bertz CT molecular complexity index is 735. The predicted octanol–water partition coefficient (Wildman–Crippen LogP) is -0.400. The van der Waals surface area contributed by atoms with Crippen molar-refractivity contribution in [2.45, 2.75) is 43.5 Å². The average molecular weight is 407 g/mol. The van der Waals surface area contributed by atoms with E-state index in [0.717, 1.165) is 4.57 Å². The number of alkyl halides is 2. The van der Waals surface area contributed by atoms with Gasteiger partial charge in [-0.25, -0.2) is 9.18 Å². The van der Waals surface area contributed by atoms with E-state index in [1.54, 1.807) is 13.8 Å². The lowest BCUT2D eigenvalue weighted by Crippen LogP contribution is -2.53. The van der Waals surface area contributed by atoms with Crippen LogP contribution in [0.1, 0.15) is 20.1 Å². The van der Waals surface area contributed by atoms with Gasteiger partial charge in [0.15, 0.2) is 12.4 Å². The Hall–Kier alpha value is -1.59. The molecule has 9 nitrogen and oxygen atoms in total. The minimum atomic E-state index is -1.96. The molecular weight excluding hydrogens is 383 g/mol. The molecule has 0 radical (unpaired) electrons. The Morgan fingerprint density at radius 1 is 1.63 bits per heavy atom. The Labute approximate surface area is 160 Å². The maximum absolute atomic E-state index is 14.7. The van der Waals surface area contributed by atoms with Gasteiger partial charge in [0, 0.05) is 6.20 Å². The fourth-order valence-electron chi connectivity index (χ4n) is 2.66. The van der Waals surface area contributed by atoms with E-state index < -0.39 is 35.3 Å². The lowest BCUT2D eigenvalue weighted by atomic mass is 9.90. The summed E-state index contributed by atoms with van der Waals surface area (Å²) in [4.78, 5) is 26.7. The highest BCUT2D eigenvalue weighted by atomic mass is 35.5. The van der Waals surface area contributed by atoms with Crippen LogP contribution in [0.25, 0.3) is 0 Å². The van der Waals surface area contributed by atoms with E-state index in [0.29, 0.717) is 6.29 Å². The fourth-order valence-corrected chi connectivity index (χ4v) is 2.96. The highest BCUT2D eigenvalue weighted by molar-refractivity contribution is 6.18. The number of anilines is 1. The number of nitrogen functional groups attached to an aromatic ring is 1. The van der Waals surface area contributed by atoms with Crippen molar-refractivity contribution in [2.24, 2.45) is 11.7 Å². The molecule has 2 heterocycles. The number of nitrogens with zero attached hydrogens (tertiary/aromatic N) is 2. The van der Waals surface area contributed by atoms with Crippen molar-refractivity contribution in [3.05, 3.63) is 22.7 Å². The van der Waals surface area contributed by atoms with Gasteiger partial charge in [0.05, 0.1) is 24.6 Å². The van der Waals surface area contributed by atoms with Crippen molar-refractivity contribution in [3.63, 3.8) is 0 Å². The number of hydrogen-bond donors (Lipinski definition) is 3. The number of rotatable bonds is 8.